The first-order chi connectivity index (χ1) is 7.22. The molecule has 0 spiro atoms. The van der Waals surface area contributed by atoms with E-state index in [0.29, 0.717) is 0 Å². The maximum Gasteiger partial charge on any atom is 0.123 e. The number of nitrogens with zero attached hydrogens (tertiary/aromatic N) is 2. The van der Waals surface area contributed by atoms with Gasteiger partial charge in [-0.1, -0.05) is 26.0 Å². The number of halogens is 1. The second-order valence-electron chi connectivity index (χ2n) is 3.30. The van der Waals surface area contributed by atoms with Crippen molar-refractivity contribution in [2.45, 2.75) is 19.9 Å². The third-order valence-corrected chi connectivity index (χ3v) is 2.49. The third-order valence-electron chi connectivity index (χ3n) is 2.49. The van der Waals surface area contributed by atoms with E-state index in [1.807, 2.05) is 18.7 Å². The Bertz CT molecular complexity index is 336. The van der Waals surface area contributed by atoms with E-state index in [1.54, 1.807) is 12.1 Å². The standard InChI is InChI=1S/C12H15FN2/c1-3-15(4-2)12(9-14)10-5-7-11(13)8-6-10/h5-8,12H,3-4H2,1-2H3/t12-/m0/s1. The molecule has 0 aliphatic rings. The maximum absolute atomic E-state index is 12.7. The van der Waals surface area contributed by atoms with E-state index >= 15 is 0 Å². The fourth-order valence-corrected chi connectivity index (χ4v) is 1.60. The molecule has 0 N–H and O–H groups in total. The van der Waals surface area contributed by atoms with Crippen LogP contribution >= 0.6 is 0 Å². The third kappa shape index (κ3) is 2.77. The summed E-state index contributed by atoms with van der Waals surface area (Å²) in [6.45, 7) is 5.65. The van der Waals surface area contributed by atoms with Crippen molar-refractivity contribution in [2.75, 3.05) is 13.1 Å². The molecule has 0 radical (unpaired) electrons. The van der Waals surface area contributed by atoms with Crippen LogP contribution in [-0.2, 0) is 0 Å². The minimum Gasteiger partial charge on any atom is -0.285 e. The predicted octanol–water partition coefficient (Wildman–Crippen LogP) is 2.73. The first-order valence-electron chi connectivity index (χ1n) is 5.12. The van der Waals surface area contributed by atoms with Gasteiger partial charge in [0.1, 0.15) is 11.9 Å². The largest absolute Gasteiger partial charge is 0.285 e. The van der Waals surface area contributed by atoms with Crippen molar-refractivity contribution in [2.24, 2.45) is 0 Å². The lowest BCUT2D eigenvalue weighted by Crippen LogP contribution is -2.27. The molecule has 0 aromatic heterocycles. The highest BCUT2D eigenvalue weighted by molar-refractivity contribution is 5.24. The van der Waals surface area contributed by atoms with Gasteiger partial charge in [-0.3, -0.25) is 4.90 Å². The normalized spacial score (nSPS) is 12.5. The van der Waals surface area contributed by atoms with Crippen molar-refractivity contribution in [3.63, 3.8) is 0 Å². The fourth-order valence-electron chi connectivity index (χ4n) is 1.60. The van der Waals surface area contributed by atoms with Gasteiger partial charge in [-0.05, 0) is 30.8 Å². The quantitative estimate of drug-likeness (QED) is 0.757. The Morgan fingerprint density at radius 2 is 1.80 bits per heavy atom. The Hall–Kier alpha value is -1.40. The monoisotopic (exact) mass is 206 g/mol. The number of hydrogen-bond acceptors (Lipinski definition) is 2. The van der Waals surface area contributed by atoms with Gasteiger partial charge in [-0.15, -0.1) is 0 Å². The van der Waals surface area contributed by atoms with Gasteiger partial charge in [0.2, 0.25) is 0 Å². The van der Waals surface area contributed by atoms with Crippen LogP contribution < -0.4 is 0 Å². The van der Waals surface area contributed by atoms with E-state index in [1.165, 1.54) is 12.1 Å². The Labute approximate surface area is 89.9 Å². The van der Waals surface area contributed by atoms with Gasteiger partial charge >= 0.3 is 0 Å². The summed E-state index contributed by atoms with van der Waals surface area (Å²) in [5.74, 6) is -0.269. The Balaban J connectivity index is 2.92. The van der Waals surface area contributed by atoms with Crippen LogP contribution in [0.3, 0.4) is 0 Å². The van der Waals surface area contributed by atoms with E-state index < -0.39 is 0 Å². The maximum atomic E-state index is 12.7. The lowest BCUT2D eigenvalue weighted by molar-refractivity contribution is 0.262. The summed E-state index contributed by atoms with van der Waals surface area (Å²) in [5.41, 5.74) is 0.850. The molecule has 0 aliphatic heterocycles. The summed E-state index contributed by atoms with van der Waals surface area (Å²) in [5, 5.41) is 9.10. The number of benzene rings is 1. The first kappa shape index (κ1) is 11.7. The molecule has 0 fully saturated rings. The number of rotatable bonds is 4. The molecule has 0 amide bonds. The lowest BCUT2D eigenvalue weighted by Gasteiger charge is -2.24. The van der Waals surface area contributed by atoms with E-state index in [0.717, 1.165) is 18.7 Å². The Morgan fingerprint density at radius 3 is 2.20 bits per heavy atom. The zero-order valence-electron chi connectivity index (χ0n) is 9.07. The summed E-state index contributed by atoms with van der Waals surface area (Å²) in [7, 11) is 0. The summed E-state index contributed by atoms with van der Waals surface area (Å²) in [6, 6.07) is 8.09. The minimum absolute atomic E-state index is 0.269. The average Bonchev–Trinajstić information content (AvgIpc) is 2.27. The van der Waals surface area contributed by atoms with Crippen molar-refractivity contribution in [3.05, 3.63) is 35.6 Å². The molecule has 0 unspecified atom stereocenters. The topological polar surface area (TPSA) is 27.0 Å². The highest BCUT2D eigenvalue weighted by Crippen LogP contribution is 2.19. The smallest absolute Gasteiger partial charge is 0.123 e. The van der Waals surface area contributed by atoms with E-state index in [9.17, 15) is 4.39 Å². The first-order valence-corrected chi connectivity index (χ1v) is 5.12. The molecule has 0 aliphatic carbocycles. The summed E-state index contributed by atoms with van der Waals surface area (Å²) in [6.07, 6.45) is 0. The molecule has 0 saturated heterocycles. The Kier molecular flexibility index (Phi) is 4.26. The second-order valence-corrected chi connectivity index (χ2v) is 3.30. The van der Waals surface area contributed by atoms with Gasteiger partial charge in [0.25, 0.3) is 0 Å². The van der Waals surface area contributed by atoms with Crippen molar-refractivity contribution in [1.29, 1.82) is 5.26 Å². The van der Waals surface area contributed by atoms with Crippen LogP contribution in [0, 0.1) is 17.1 Å². The summed E-state index contributed by atoms with van der Waals surface area (Å²) < 4.78 is 12.7. The van der Waals surface area contributed by atoms with Gasteiger partial charge in [0.15, 0.2) is 0 Å². The van der Waals surface area contributed by atoms with E-state index in [4.69, 9.17) is 5.26 Å². The molecule has 0 bridgehead atoms. The predicted molar refractivity (Wildman–Crippen MR) is 57.7 cm³/mol. The zero-order valence-corrected chi connectivity index (χ0v) is 9.07. The van der Waals surface area contributed by atoms with Gasteiger partial charge in [0.05, 0.1) is 6.07 Å². The van der Waals surface area contributed by atoms with Crippen molar-refractivity contribution in [3.8, 4) is 6.07 Å². The SMILES string of the molecule is CCN(CC)[C@@H](C#N)c1ccc(F)cc1. The molecular formula is C12H15FN2. The minimum atomic E-state index is -0.277. The lowest BCUT2D eigenvalue weighted by atomic mass is 10.1. The molecule has 2 nitrogen and oxygen atoms in total. The average molecular weight is 206 g/mol. The number of nitriles is 1. The van der Waals surface area contributed by atoms with Crippen LogP contribution in [0.15, 0.2) is 24.3 Å². The molecule has 15 heavy (non-hydrogen) atoms. The van der Waals surface area contributed by atoms with Crippen LogP contribution in [-0.4, -0.2) is 18.0 Å². The van der Waals surface area contributed by atoms with Gasteiger partial charge < -0.3 is 0 Å². The second kappa shape index (κ2) is 5.47. The summed E-state index contributed by atoms with van der Waals surface area (Å²) in [4.78, 5) is 2.03. The highest BCUT2D eigenvalue weighted by Gasteiger charge is 2.16. The zero-order chi connectivity index (χ0) is 11.3. The molecule has 3 heteroatoms. The number of hydrogen-bond donors (Lipinski definition) is 0. The van der Waals surface area contributed by atoms with Crippen LogP contribution in [0.2, 0.25) is 0 Å². The highest BCUT2D eigenvalue weighted by atomic mass is 19.1. The van der Waals surface area contributed by atoms with Crippen LogP contribution in [0.4, 0.5) is 4.39 Å². The molecule has 0 heterocycles. The van der Waals surface area contributed by atoms with Crippen LogP contribution in [0.1, 0.15) is 25.5 Å². The van der Waals surface area contributed by atoms with Gasteiger partial charge in [0, 0.05) is 0 Å². The van der Waals surface area contributed by atoms with Crippen molar-refractivity contribution >= 4 is 0 Å². The van der Waals surface area contributed by atoms with Crippen LogP contribution in [0.5, 0.6) is 0 Å². The summed E-state index contributed by atoms with van der Waals surface area (Å²) >= 11 is 0. The fraction of sp³-hybridized carbons (Fsp3) is 0.417. The molecule has 80 valence electrons. The molecule has 1 rings (SSSR count). The molecular weight excluding hydrogens is 191 g/mol. The van der Waals surface area contributed by atoms with E-state index in [-0.39, 0.29) is 11.9 Å². The van der Waals surface area contributed by atoms with Crippen molar-refractivity contribution in [1.82, 2.24) is 4.90 Å². The Morgan fingerprint density at radius 1 is 1.27 bits per heavy atom. The van der Waals surface area contributed by atoms with Gasteiger partial charge in [-0.25, -0.2) is 4.39 Å². The molecule has 1 aromatic carbocycles. The molecule has 0 saturated carbocycles. The van der Waals surface area contributed by atoms with Gasteiger partial charge in [-0.2, -0.15) is 5.26 Å². The molecule has 1 aromatic rings. The van der Waals surface area contributed by atoms with Crippen molar-refractivity contribution < 1.29 is 4.39 Å². The molecule has 1 atom stereocenters. The van der Waals surface area contributed by atoms with Crippen LogP contribution in [0.25, 0.3) is 0 Å². The van der Waals surface area contributed by atoms with E-state index in [2.05, 4.69) is 6.07 Å².